The molecule has 71 heavy (non-hydrogen) atoms. The number of amides is 1. The standard InChI is InChI=1S/C24H29N7O4.C22H27N7O2.C2H3ClO2/c1-29(2)23-25-10-14(11-26-23)17-9-18(22(32)33)27-21-19(17)20(15-12-30(13-15)24(34)35-3)28-31(21)16-7-5-4-6-8-16;1-28(2)22-24-11-13(12-25-22)16-8-17(21(30)31)26-20-18(16)19(14-9-23-10-14)27-29(20)15-6-4-3-5-7-15;1-5-2(3)4/h9-11,15-16H,4-8,12-13H2,1-3H3,(H,32,33);8,11-12,14-15,23H,3-7,9-10H2,1-2H3,(H,30,31);1H3. The number of pyridine rings is 2. The Balaban J connectivity index is 0.000000175. The Bertz CT molecular complexity index is 2890. The maximum absolute atomic E-state index is 12.0. The molecule has 0 spiro atoms. The lowest BCUT2D eigenvalue weighted by molar-refractivity contribution is 0.0680. The molecule has 8 heterocycles. The number of halogens is 1. The van der Waals surface area contributed by atoms with Crippen molar-refractivity contribution in [2.45, 2.75) is 88.1 Å². The van der Waals surface area contributed by atoms with E-state index in [1.54, 1.807) is 46.7 Å². The predicted molar refractivity (Wildman–Crippen MR) is 265 cm³/mol. The second-order valence-corrected chi connectivity index (χ2v) is 18.9. The minimum atomic E-state index is -1.10. The highest BCUT2D eigenvalue weighted by Crippen LogP contribution is 2.42. The molecule has 0 bridgehead atoms. The van der Waals surface area contributed by atoms with Crippen LogP contribution in [0.1, 0.15) is 120 Å². The Morgan fingerprint density at radius 1 is 0.634 bits per heavy atom. The summed E-state index contributed by atoms with van der Waals surface area (Å²) in [6.45, 7) is 2.71. The molecule has 6 aromatic heterocycles. The Morgan fingerprint density at radius 3 is 1.35 bits per heavy atom. The van der Waals surface area contributed by atoms with Gasteiger partial charge in [-0.2, -0.15) is 10.2 Å². The van der Waals surface area contributed by atoms with E-state index in [0.29, 0.717) is 53.3 Å². The quantitative estimate of drug-likeness (QED) is 0.115. The second kappa shape index (κ2) is 21.9. The van der Waals surface area contributed by atoms with Gasteiger partial charge in [0.05, 0.1) is 48.5 Å². The highest BCUT2D eigenvalue weighted by Gasteiger charge is 2.38. The van der Waals surface area contributed by atoms with Crippen LogP contribution in [0.3, 0.4) is 0 Å². The minimum absolute atomic E-state index is 0.000338. The van der Waals surface area contributed by atoms with Gasteiger partial charge in [0.25, 0.3) is 0 Å². The number of ether oxygens (including phenoxy) is 2. The van der Waals surface area contributed by atoms with Crippen LogP contribution in [0.5, 0.6) is 0 Å². The molecule has 4 fully saturated rings. The summed E-state index contributed by atoms with van der Waals surface area (Å²) in [6, 6.07) is 3.64. The lowest BCUT2D eigenvalue weighted by Gasteiger charge is -2.37. The molecule has 6 aromatic rings. The molecule has 10 rings (SSSR count). The van der Waals surface area contributed by atoms with Crippen LogP contribution >= 0.6 is 11.6 Å². The highest BCUT2D eigenvalue weighted by molar-refractivity contribution is 6.61. The van der Waals surface area contributed by atoms with Gasteiger partial charge in [-0.1, -0.05) is 38.5 Å². The van der Waals surface area contributed by atoms with Gasteiger partial charge in [0, 0.05) is 125 Å². The Morgan fingerprint density at radius 2 is 1.03 bits per heavy atom. The number of nitrogens with one attached hydrogen (secondary N) is 1. The third-order valence-electron chi connectivity index (χ3n) is 13.4. The Hall–Kier alpha value is -7.07. The number of carboxylic acids is 2. The SMILES string of the molecule is CN(C)c1ncc(-c2cc(C(=O)O)nc3c2c(C2CNC2)nn3C2CCCCC2)cn1.COC(=O)Cl.COC(=O)N1CC(c2nn(C3CCCCC3)c3nc(C(=O)O)cc(-c4cnc(N(C)C)nc4)c23)C1. The molecule has 2 aliphatic carbocycles. The van der Waals surface area contributed by atoms with E-state index >= 15 is 0 Å². The average molecular weight is 996 g/mol. The van der Waals surface area contributed by atoms with E-state index < -0.39 is 17.4 Å². The van der Waals surface area contributed by atoms with Crippen LogP contribution in [0.25, 0.3) is 44.3 Å². The van der Waals surface area contributed by atoms with E-state index in [0.717, 1.165) is 97.7 Å². The fraction of sp³-hybridized carbons (Fsp3) is 0.500. The van der Waals surface area contributed by atoms with Crippen LogP contribution in [0.4, 0.5) is 21.5 Å². The molecule has 2 saturated heterocycles. The Kier molecular flexibility index (Phi) is 15.5. The number of rotatable bonds is 10. The van der Waals surface area contributed by atoms with Crippen LogP contribution < -0.4 is 15.1 Å². The molecule has 0 unspecified atom stereocenters. The van der Waals surface area contributed by atoms with Gasteiger partial charge in [-0.3, -0.25) is 0 Å². The van der Waals surface area contributed by atoms with E-state index in [1.807, 2.05) is 42.5 Å². The average Bonchev–Trinajstić information content (AvgIpc) is 3.92. The van der Waals surface area contributed by atoms with Crippen molar-refractivity contribution in [2.24, 2.45) is 0 Å². The van der Waals surface area contributed by atoms with E-state index in [2.05, 4.69) is 51.6 Å². The van der Waals surface area contributed by atoms with Gasteiger partial charge in [0.1, 0.15) is 0 Å². The van der Waals surface area contributed by atoms with Gasteiger partial charge in [0.15, 0.2) is 22.7 Å². The topological polar surface area (TPSA) is 262 Å². The lowest BCUT2D eigenvalue weighted by Crippen LogP contribution is -2.48. The number of carbonyl (C=O) groups is 4. The summed E-state index contributed by atoms with van der Waals surface area (Å²) in [7, 11) is 10.1. The van der Waals surface area contributed by atoms with Crippen molar-refractivity contribution in [3.8, 4) is 22.3 Å². The van der Waals surface area contributed by atoms with Gasteiger partial charge in [-0.25, -0.2) is 58.4 Å². The predicted octanol–water partition coefficient (Wildman–Crippen LogP) is 7.16. The van der Waals surface area contributed by atoms with Crippen LogP contribution in [-0.2, 0) is 9.47 Å². The largest absolute Gasteiger partial charge is 0.477 e. The van der Waals surface area contributed by atoms with Crippen molar-refractivity contribution in [1.29, 1.82) is 0 Å². The van der Waals surface area contributed by atoms with Crippen LogP contribution in [0, 0.1) is 0 Å². The van der Waals surface area contributed by atoms with Crippen molar-refractivity contribution in [2.75, 3.05) is 78.4 Å². The lowest BCUT2D eigenvalue weighted by atomic mass is 9.92. The first kappa shape index (κ1) is 50.3. The van der Waals surface area contributed by atoms with Crippen LogP contribution in [0.2, 0.25) is 0 Å². The van der Waals surface area contributed by atoms with Crippen molar-refractivity contribution in [1.82, 2.24) is 59.7 Å². The van der Waals surface area contributed by atoms with Crippen molar-refractivity contribution in [3.05, 3.63) is 59.7 Å². The smallest absolute Gasteiger partial charge is 0.409 e. The number of carbonyl (C=O) groups excluding carboxylic acids is 2. The van der Waals surface area contributed by atoms with Crippen LogP contribution in [-0.4, -0.2) is 157 Å². The zero-order valence-corrected chi connectivity index (χ0v) is 41.5. The molecule has 376 valence electrons. The molecule has 1 amide bonds. The third-order valence-corrected chi connectivity index (χ3v) is 13.5. The number of anilines is 2. The summed E-state index contributed by atoms with van der Waals surface area (Å²) < 4.78 is 12.7. The zero-order chi connectivity index (χ0) is 50.5. The van der Waals surface area contributed by atoms with Gasteiger partial charge in [-0.05, 0) is 37.8 Å². The molecule has 0 atom stereocenters. The monoisotopic (exact) mass is 994 g/mol. The van der Waals surface area contributed by atoms with E-state index in [1.165, 1.54) is 27.1 Å². The summed E-state index contributed by atoms with van der Waals surface area (Å²) in [6.07, 6.45) is 17.6. The second-order valence-electron chi connectivity index (χ2n) is 18.6. The molecule has 22 nitrogen and oxygen atoms in total. The summed E-state index contributed by atoms with van der Waals surface area (Å²) in [5.41, 5.74) is 5.20. The number of hydrogen-bond acceptors (Lipinski definition) is 17. The third kappa shape index (κ3) is 10.8. The first-order valence-electron chi connectivity index (χ1n) is 23.8. The molecular weight excluding hydrogens is 936 g/mol. The maximum atomic E-state index is 12.0. The van der Waals surface area contributed by atoms with Gasteiger partial charge in [0.2, 0.25) is 11.9 Å². The maximum Gasteiger partial charge on any atom is 0.409 e. The summed E-state index contributed by atoms with van der Waals surface area (Å²) in [4.78, 5) is 77.4. The normalized spacial score (nSPS) is 16.5. The number of nitrogens with zero attached hydrogens (tertiary/aromatic N) is 13. The number of carboxylic acid groups (broad SMARTS) is 2. The molecule has 3 N–H and O–H groups in total. The molecule has 0 aromatic carbocycles. The van der Waals surface area contributed by atoms with Crippen molar-refractivity contribution >= 4 is 69.0 Å². The molecule has 23 heteroatoms. The van der Waals surface area contributed by atoms with Crippen LogP contribution in [0.15, 0.2) is 36.9 Å². The van der Waals surface area contributed by atoms with Gasteiger partial charge in [-0.15, -0.1) is 0 Å². The minimum Gasteiger partial charge on any atom is -0.477 e. The Labute approximate surface area is 414 Å². The van der Waals surface area contributed by atoms with Gasteiger partial charge < -0.3 is 39.7 Å². The molecular formula is C48H59ClN14O8. The van der Waals surface area contributed by atoms with Crippen molar-refractivity contribution in [3.63, 3.8) is 0 Å². The fourth-order valence-electron chi connectivity index (χ4n) is 9.53. The number of aromatic carboxylic acids is 2. The zero-order valence-electron chi connectivity index (χ0n) is 40.7. The van der Waals surface area contributed by atoms with Gasteiger partial charge >= 0.3 is 23.5 Å². The molecule has 4 aliphatic rings. The van der Waals surface area contributed by atoms with E-state index in [-0.39, 0.29) is 35.5 Å². The summed E-state index contributed by atoms with van der Waals surface area (Å²) in [5, 5.41) is 34.7. The number of fused-ring (bicyclic) bond motifs is 2. The molecule has 0 radical (unpaired) electrons. The number of aromatic nitrogens is 10. The first-order chi connectivity index (χ1) is 34.2. The number of hydrogen-bond donors (Lipinski definition) is 3. The summed E-state index contributed by atoms with van der Waals surface area (Å²) >= 11 is 4.60. The highest BCUT2D eigenvalue weighted by atomic mass is 35.5. The molecule has 2 aliphatic heterocycles. The summed E-state index contributed by atoms with van der Waals surface area (Å²) in [5.74, 6) is -0.683. The van der Waals surface area contributed by atoms with E-state index in [9.17, 15) is 29.4 Å². The number of likely N-dealkylation sites (tertiary alicyclic amines) is 1. The fourth-order valence-corrected chi connectivity index (χ4v) is 9.53. The molecule has 2 saturated carbocycles. The number of methoxy groups -OCH3 is 2. The first-order valence-corrected chi connectivity index (χ1v) is 24.1. The van der Waals surface area contributed by atoms with E-state index in [4.69, 9.17) is 14.9 Å². The van der Waals surface area contributed by atoms with Crippen molar-refractivity contribution < 1.29 is 38.9 Å².